The van der Waals surface area contributed by atoms with E-state index in [0.717, 1.165) is 42.3 Å². The average Bonchev–Trinajstić information content (AvgIpc) is 3.31. The zero-order valence-corrected chi connectivity index (χ0v) is 19.7. The highest BCUT2D eigenvalue weighted by molar-refractivity contribution is 9.10. The van der Waals surface area contributed by atoms with E-state index in [-0.39, 0.29) is 12.0 Å². The molecule has 1 N–H and O–H groups in total. The molecule has 1 unspecified atom stereocenters. The molecule has 0 bridgehead atoms. The van der Waals surface area contributed by atoms with Gasteiger partial charge in [-0.25, -0.2) is 0 Å². The van der Waals surface area contributed by atoms with Crippen molar-refractivity contribution < 1.29 is 23.7 Å². The van der Waals surface area contributed by atoms with Gasteiger partial charge in [-0.1, -0.05) is 19.4 Å². The Hall–Kier alpha value is -2.25. The number of carbonyl (C=O) groups excluding carboxylic acids is 1. The minimum atomic E-state index is -0.159. The van der Waals surface area contributed by atoms with E-state index in [9.17, 15) is 4.79 Å². The third-order valence-electron chi connectivity index (χ3n) is 5.08. The maximum atomic E-state index is 12.6. The normalized spacial score (nSPS) is 15.5. The summed E-state index contributed by atoms with van der Waals surface area (Å²) in [5.41, 5.74) is 1.49. The van der Waals surface area contributed by atoms with Gasteiger partial charge in [0.2, 0.25) is 0 Å². The van der Waals surface area contributed by atoms with E-state index in [2.05, 4.69) is 28.2 Å². The lowest BCUT2D eigenvalue weighted by Gasteiger charge is -2.14. The zero-order chi connectivity index (χ0) is 22.1. The van der Waals surface area contributed by atoms with Crippen molar-refractivity contribution in [1.82, 2.24) is 5.32 Å². The highest BCUT2D eigenvalue weighted by Gasteiger charge is 2.17. The topological polar surface area (TPSA) is 66.0 Å². The standard InChI is InChI=1S/C24H30BrNO5/c1-3-4-11-30-22-9-7-17(13-23(22)28-2)15-26-24(27)18-8-10-21(20(25)14-18)31-16-19-6-5-12-29-19/h7-10,13-14,19H,3-6,11-12,15-16H2,1-2H3,(H,26,27). The van der Waals surface area contributed by atoms with Gasteiger partial charge >= 0.3 is 0 Å². The van der Waals surface area contributed by atoms with Gasteiger partial charge in [0, 0.05) is 18.7 Å². The Morgan fingerprint density at radius 2 is 2.00 bits per heavy atom. The maximum Gasteiger partial charge on any atom is 0.251 e. The van der Waals surface area contributed by atoms with Crippen LogP contribution in [0, 0.1) is 0 Å². The monoisotopic (exact) mass is 491 g/mol. The van der Waals surface area contributed by atoms with Crippen molar-refractivity contribution in [3.63, 3.8) is 0 Å². The Morgan fingerprint density at radius 3 is 2.71 bits per heavy atom. The summed E-state index contributed by atoms with van der Waals surface area (Å²) in [6.45, 7) is 4.49. The number of hydrogen-bond acceptors (Lipinski definition) is 5. The van der Waals surface area contributed by atoms with Crippen molar-refractivity contribution >= 4 is 21.8 Å². The second-order valence-electron chi connectivity index (χ2n) is 7.46. The number of hydrogen-bond donors (Lipinski definition) is 1. The summed E-state index contributed by atoms with van der Waals surface area (Å²) >= 11 is 3.50. The number of unbranched alkanes of at least 4 members (excludes halogenated alkanes) is 1. The van der Waals surface area contributed by atoms with Gasteiger partial charge in [-0.15, -0.1) is 0 Å². The summed E-state index contributed by atoms with van der Waals surface area (Å²) < 4.78 is 23.3. The lowest BCUT2D eigenvalue weighted by Crippen LogP contribution is -2.23. The molecule has 0 saturated carbocycles. The Balaban J connectivity index is 1.54. The van der Waals surface area contributed by atoms with E-state index in [1.54, 1.807) is 25.3 Å². The van der Waals surface area contributed by atoms with Crippen molar-refractivity contribution in [3.8, 4) is 17.2 Å². The number of rotatable bonds is 11. The number of ether oxygens (including phenoxy) is 4. The largest absolute Gasteiger partial charge is 0.493 e. The number of methoxy groups -OCH3 is 1. The van der Waals surface area contributed by atoms with Crippen LogP contribution in [0.2, 0.25) is 0 Å². The quantitative estimate of drug-likeness (QED) is 0.441. The minimum Gasteiger partial charge on any atom is -0.493 e. The predicted octanol–water partition coefficient (Wildman–Crippen LogP) is 5.12. The number of halogens is 1. The second kappa shape index (κ2) is 12.0. The Labute approximate surface area is 192 Å². The summed E-state index contributed by atoms with van der Waals surface area (Å²) in [7, 11) is 1.62. The van der Waals surface area contributed by atoms with Crippen LogP contribution < -0.4 is 19.5 Å². The number of benzene rings is 2. The SMILES string of the molecule is CCCCOc1ccc(CNC(=O)c2ccc(OCC3CCCO3)c(Br)c2)cc1OC. The van der Waals surface area contributed by atoms with E-state index >= 15 is 0 Å². The fourth-order valence-corrected chi connectivity index (χ4v) is 3.76. The second-order valence-corrected chi connectivity index (χ2v) is 8.32. The van der Waals surface area contributed by atoms with Gasteiger partial charge in [0.25, 0.3) is 5.91 Å². The van der Waals surface area contributed by atoms with Crippen LogP contribution in [-0.2, 0) is 11.3 Å². The average molecular weight is 492 g/mol. The van der Waals surface area contributed by atoms with Crippen molar-refractivity contribution in [3.05, 3.63) is 52.0 Å². The molecule has 0 aliphatic carbocycles. The van der Waals surface area contributed by atoms with Gasteiger partial charge in [-0.3, -0.25) is 4.79 Å². The van der Waals surface area contributed by atoms with Crippen molar-refractivity contribution in [2.75, 3.05) is 26.9 Å². The summed E-state index contributed by atoms with van der Waals surface area (Å²) in [6, 6.07) is 11.0. The molecule has 1 heterocycles. The van der Waals surface area contributed by atoms with Gasteiger partial charge in [0.1, 0.15) is 12.4 Å². The molecule has 1 atom stereocenters. The van der Waals surface area contributed by atoms with Crippen LogP contribution in [0.4, 0.5) is 0 Å². The van der Waals surface area contributed by atoms with E-state index in [4.69, 9.17) is 18.9 Å². The summed E-state index contributed by atoms with van der Waals surface area (Å²) in [5, 5.41) is 2.94. The molecular formula is C24H30BrNO5. The predicted molar refractivity (Wildman–Crippen MR) is 123 cm³/mol. The Bertz CT molecular complexity index is 867. The molecule has 1 amide bonds. The fraction of sp³-hybridized carbons (Fsp3) is 0.458. The molecule has 1 aliphatic rings. The van der Waals surface area contributed by atoms with Gasteiger partial charge in [-0.2, -0.15) is 0 Å². The minimum absolute atomic E-state index is 0.148. The van der Waals surface area contributed by atoms with E-state index in [1.807, 2.05) is 18.2 Å². The highest BCUT2D eigenvalue weighted by Crippen LogP contribution is 2.29. The van der Waals surface area contributed by atoms with Crippen LogP contribution in [0.15, 0.2) is 40.9 Å². The van der Waals surface area contributed by atoms with Crippen molar-refractivity contribution in [2.45, 2.75) is 45.3 Å². The molecule has 6 nitrogen and oxygen atoms in total. The third kappa shape index (κ3) is 6.87. The first kappa shape index (κ1) is 23.4. The molecule has 0 aromatic heterocycles. The summed E-state index contributed by atoms with van der Waals surface area (Å²) in [4.78, 5) is 12.6. The van der Waals surface area contributed by atoms with Crippen LogP contribution in [0.5, 0.6) is 17.2 Å². The number of carbonyl (C=O) groups is 1. The lowest BCUT2D eigenvalue weighted by molar-refractivity contribution is 0.0677. The molecule has 0 radical (unpaired) electrons. The molecule has 168 valence electrons. The lowest BCUT2D eigenvalue weighted by atomic mass is 10.1. The van der Waals surface area contributed by atoms with Gasteiger partial charge < -0.3 is 24.3 Å². The Kier molecular flexibility index (Phi) is 9.03. The first-order valence-electron chi connectivity index (χ1n) is 10.7. The molecule has 2 aromatic carbocycles. The molecule has 7 heteroatoms. The zero-order valence-electron chi connectivity index (χ0n) is 18.1. The number of amides is 1. The number of nitrogens with one attached hydrogen (secondary N) is 1. The Morgan fingerprint density at radius 1 is 1.16 bits per heavy atom. The van der Waals surface area contributed by atoms with Crippen LogP contribution >= 0.6 is 15.9 Å². The molecular weight excluding hydrogens is 462 g/mol. The smallest absolute Gasteiger partial charge is 0.251 e. The van der Waals surface area contributed by atoms with Crippen molar-refractivity contribution in [2.24, 2.45) is 0 Å². The molecule has 3 rings (SSSR count). The fourth-order valence-electron chi connectivity index (χ4n) is 3.27. The molecule has 1 saturated heterocycles. The van der Waals surface area contributed by atoms with E-state index in [0.29, 0.717) is 42.6 Å². The van der Waals surface area contributed by atoms with Gasteiger partial charge in [-0.05, 0) is 71.1 Å². The summed E-state index contributed by atoms with van der Waals surface area (Å²) in [5.74, 6) is 1.93. The van der Waals surface area contributed by atoms with Gasteiger partial charge in [0.05, 0.1) is 24.3 Å². The van der Waals surface area contributed by atoms with Gasteiger partial charge in [0.15, 0.2) is 11.5 Å². The summed E-state index contributed by atoms with van der Waals surface area (Å²) in [6.07, 6.45) is 4.32. The molecule has 1 aliphatic heterocycles. The molecule has 0 spiro atoms. The van der Waals surface area contributed by atoms with E-state index in [1.165, 1.54) is 0 Å². The van der Waals surface area contributed by atoms with Crippen molar-refractivity contribution in [1.29, 1.82) is 0 Å². The van der Waals surface area contributed by atoms with Crippen LogP contribution in [-0.4, -0.2) is 38.9 Å². The van der Waals surface area contributed by atoms with Crippen LogP contribution in [0.3, 0.4) is 0 Å². The van der Waals surface area contributed by atoms with Crippen LogP contribution in [0.25, 0.3) is 0 Å². The van der Waals surface area contributed by atoms with Crippen LogP contribution in [0.1, 0.15) is 48.5 Å². The molecule has 2 aromatic rings. The van der Waals surface area contributed by atoms with E-state index < -0.39 is 0 Å². The first-order valence-corrected chi connectivity index (χ1v) is 11.5. The molecule has 31 heavy (non-hydrogen) atoms. The first-order chi connectivity index (χ1) is 15.1. The molecule has 1 fully saturated rings. The maximum absolute atomic E-state index is 12.6. The third-order valence-corrected chi connectivity index (χ3v) is 5.70. The highest BCUT2D eigenvalue weighted by atomic mass is 79.9.